The van der Waals surface area contributed by atoms with Crippen LogP contribution in [-0.4, -0.2) is 17.0 Å². The van der Waals surface area contributed by atoms with Gasteiger partial charge in [-0.2, -0.15) is 0 Å². The number of aryl methyl sites for hydroxylation is 1. The molecule has 1 aromatic carbocycles. The summed E-state index contributed by atoms with van der Waals surface area (Å²) in [5.74, 6) is 0.935. The third-order valence-electron chi connectivity index (χ3n) is 4.23. The van der Waals surface area contributed by atoms with E-state index in [2.05, 4.69) is 5.32 Å². The molecule has 2 aliphatic carbocycles. The molecular weight excluding hydrogens is 254 g/mol. The molecule has 0 bridgehead atoms. The summed E-state index contributed by atoms with van der Waals surface area (Å²) < 4.78 is 0. The van der Waals surface area contributed by atoms with E-state index in [1.54, 1.807) is 0 Å². The number of benzene rings is 1. The van der Waals surface area contributed by atoms with Crippen LogP contribution in [0.5, 0.6) is 0 Å². The van der Waals surface area contributed by atoms with Crippen molar-refractivity contribution in [2.75, 3.05) is 5.32 Å². The summed E-state index contributed by atoms with van der Waals surface area (Å²) in [7, 11) is 0. The smallest absolute Gasteiger partial charge is 0.303 e. The molecule has 1 aromatic rings. The first-order chi connectivity index (χ1) is 9.63. The van der Waals surface area contributed by atoms with Gasteiger partial charge in [0.15, 0.2) is 0 Å². The van der Waals surface area contributed by atoms with Gasteiger partial charge >= 0.3 is 5.97 Å². The van der Waals surface area contributed by atoms with E-state index in [0.717, 1.165) is 23.6 Å². The molecule has 106 valence electrons. The normalized spacial score (nSPS) is 24.2. The van der Waals surface area contributed by atoms with Crippen LogP contribution in [0.15, 0.2) is 24.3 Å². The van der Waals surface area contributed by atoms with Crippen molar-refractivity contribution < 1.29 is 14.7 Å². The number of anilines is 1. The predicted molar refractivity (Wildman–Crippen MR) is 75.3 cm³/mol. The fourth-order valence-corrected chi connectivity index (χ4v) is 2.85. The van der Waals surface area contributed by atoms with Crippen molar-refractivity contribution in [2.24, 2.45) is 17.8 Å². The van der Waals surface area contributed by atoms with E-state index < -0.39 is 5.97 Å². The van der Waals surface area contributed by atoms with Gasteiger partial charge in [-0.05, 0) is 55.2 Å². The van der Waals surface area contributed by atoms with E-state index in [1.807, 2.05) is 24.3 Å². The molecule has 4 nitrogen and oxygen atoms in total. The first-order valence-electron chi connectivity index (χ1n) is 7.25. The summed E-state index contributed by atoms with van der Waals surface area (Å²) in [4.78, 5) is 22.7. The van der Waals surface area contributed by atoms with Crippen molar-refractivity contribution in [1.29, 1.82) is 0 Å². The lowest BCUT2D eigenvalue weighted by molar-refractivity contribution is -0.137. The average molecular weight is 273 g/mol. The Morgan fingerprint density at radius 1 is 1.30 bits per heavy atom. The maximum Gasteiger partial charge on any atom is 0.303 e. The van der Waals surface area contributed by atoms with Gasteiger partial charge in [0.05, 0.1) is 0 Å². The molecule has 2 atom stereocenters. The molecule has 2 aliphatic rings. The molecule has 0 radical (unpaired) electrons. The third-order valence-corrected chi connectivity index (χ3v) is 4.23. The zero-order valence-electron chi connectivity index (χ0n) is 11.3. The van der Waals surface area contributed by atoms with Gasteiger partial charge in [-0.3, -0.25) is 9.59 Å². The number of nitrogens with one attached hydrogen (secondary N) is 1. The molecule has 0 saturated heterocycles. The van der Waals surface area contributed by atoms with Crippen LogP contribution in [0.3, 0.4) is 0 Å². The molecule has 2 saturated carbocycles. The fraction of sp³-hybridized carbons (Fsp3) is 0.500. The summed E-state index contributed by atoms with van der Waals surface area (Å²) in [6, 6.07) is 7.48. The van der Waals surface area contributed by atoms with Crippen LogP contribution in [0, 0.1) is 17.8 Å². The van der Waals surface area contributed by atoms with Crippen LogP contribution >= 0.6 is 0 Å². The number of amides is 1. The van der Waals surface area contributed by atoms with Crippen LogP contribution in [0.4, 0.5) is 5.69 Å². The summed E-state index contributed by atoms with van der Waals surface area (Å²) in [6.07, 6.45) is 4.23. The van der Waals surface area contributed by atoms with E-state index in [9.17, 15) is 9.59 Å². The lowest BCUT2D eigenvalue weighted by Crippen LogP contribution is -2.15. The van der Waals surface area contributed by atoms with E-state index in [-0.39, 0.29) is 18.2 Å². The van der Waals surface area contributed by atoms with Crippen molar-refractivity contribution in [3.63, 3.8) is 0 Å². The van der Waals surface area contributed by atoms with Gasteiger partial charge in [0.25, 0.3) is 0 Å². The quantitative estimate of drug-likeness (QED) is 0.837. The van der Waals surface area contributed by atoms with Gasteiger partial charge < -0.3 is 10.4 Å². The molecule has 20 heavy (non-hydrogen) atoms. The van der Waals surface area contributed by atoms with Crippen LogP contribution < -0.4 is 5.32 Å². The Kier molecular flexibility index (Phi) is 3.47. The molecule has 0 spiro atoms. The molecular formula is C16H19NO3. The molecule has 2 N–H and O–H groups in total. The maximum absolute atomic E-state index is 12.1. The fourth-order valence-electron chi connectivity index (χ4n) is 2.85. The largest absolute Gasteiger partial charge is 0.481 e. The highest BCUT2D eigenvalue weighted by molar-refractivity contribution is 5.94. The monoisotopic (exact) mass is 273 g/mol. The first-order valence-corrected chi connectivity index (χ1v) is 7.25. The van der Waals surface area contributed by atoms with Crippen molar-refractivity contribution in [1.82, 2.24) is 0 Å². The van der Waals surface area contributed by atoms with Crippen LogP contribution in [0.1, 0.15) is 31.2 Å². The Morgan fingerprint density at radius 2 is 2.10 bits per heavy atom. The van der Waals surface area contributed by atoms with E-state index >= 15 is 0 Å². The number of hydrogen-bond acceptors (Lipinski definition) is 2. The second-order valence-electron chi connectivity index (χ2n) is 5.93. The second kappa shape index (κ2) is 5.27. The Morgan fingerprint density at radius 3 is 2.80 bits per heavy atom. The number of carbonyl (C=O) groups is 2. The molecule has 4 heteroatoms. The summed E-state index contributed by atoms with van der Waals surface area (Å²) in [5, 5.41) is 11.6. The standard InChI is InChI=1S/C16H19NO3/c18-15(19)7-4-10-2-1-3-12(8-10)17-16(20)14-9-13(14)11-5-6-11/h1-3,8,11,13-14H,4-7,9H2,(H,17,20)(H,18,19). The summed E-state index contributed by atoms with van der Waals surface area (Å²) in [6.45, 7) is 0. The van der Waals surface area contributed by atoms with Gasteiger partial charge in [0, 0.05) is 18.0 Å². The van der Waals surface area contributed by atoms with E-state index in [0.29, 0.717) is 12.3 Å². The summed E-state index contributed by atoms with van der Waals surface area (Å²) in [5.41, 5.74) is 1.72. The van der Waals surface area contributed by atoms with Gasteiger partial charge in [-0.25, -0.2) is 0 Å². The Hall–Kier alpha value is -1.84. The lowest BCUT2D eigenvalue weighted by atomic mass is 10.1. The van der Waals surface area contributed by atoms with Crippen molar-refractivity contribution in [3.05, 3.63) is 29.8 Å². The topological polar surface area (TPSA) is 66.4 Å². The van der Waals surface area contributed by atoms with Gasteiger partial charge in [-0.15, -0.1) is 0 Å². The van der Waals surface area contributed by atoms with Crippen molar-refractivity contribution in [3.8, 4) is 0 Å². The Labute approximate surface area is 118 Å². The number of rotatable bonds is 6. The molecule has 0 aliphatic heterocycles. The highest BCUT2D eigenvalue weighted by atomic mass is 16.4. The van der Waals surface area contributed by atoms with Gasteiger partial charge in [0.1, 0.15) is 0 Å². The molecule has 2 fully saturated rings. The van der Waals surface area contributed by atoms with Crippen LogP contribution in [0.2, 0.25) is 0 Å². The average Bonchev–Trinajstić information content (AvgIpc) is 3.27. The first kappa shape index (κ1) is 13.2. The maximum atomic E-state index is 12.1. The second-order valence-corrected chi connectivity index (χ2v) is 5.93. The molecule has 0 heterocycles. The van der Waals surface area contributed by atoms with E-state index in [1.165, 1.54) is 12.8 Å². The number of carboxylic acids is 1. The zero-order chi connectivity index (χ0) is 14.1. The number of carboxylic acid groups (broad SMARTS) is 1. The van der Waals surface area contributed by atoms with Gasteiger partial charge in [0.2, 0.25) is 5.91 Å². The minimum atomic E-state index is -0.801. The highest BCUT2D eigenvalue weighted by Gasteiger charge is 2.51. The van der Waals surface area contributed by atoms with Crippen molar-refractivity contribution >= 4 is 17.6 Å². The molecule has 3 rings (SSSR count). The SMILES string of the molecule is O=C(O)CCc1cccc(NC(=O)C2CC2C2CC2)c1. The number of aliphatic carboxylic acids is 1. The van der Waals surface area contributed by atoms with Crippen LogP contribution in [0.25, 0.3) is 0 Å². The lowest BCUT2D eigenvalue weighted by Gasteiger charge is -2.07. The van der Waals surface area contributed by atoms with Gasteiger partial charge in [-0.1, -0.05) is 12.1 Å². The minimum absolute atomic E-state index is 0.115. The molecule has 2 unspecified atom stereocenters. The van der Waals surface area contributed by atoms with Crippen LogP contribution in [-0.2, 0) is 16.0 Å². The summed E-state index contributed by atoms with van der Waals surface area (Å²) >= 11 is 0. The number of hydrogen-bond donors (Lipinski definition) is 2. The highest BCUT2D eigenvalue weighted by Crippen LogP contribution is 2.54. The Balaban J connectivity index is 1.55. The number of carbonyl (C=O) groups excluding carboxylic acids is 1. The third kappa shape index (κ3) is 3.18. The van der Waals surface area contributed by atoms with Crippen molar-refractivity contribution in [2.45, 2.75) is 32.1 Å². The minimum Gasteiger partial charge on any atom is -0.481 e. The Bertz CT molecular complexity index is 536. The predicted octanol–water partition coefficient (Wildman–Crippen LogP) is 2.69. The molecule has 0 aromatic heterocycles. The van der Waals surface area contributed by atoms with E-state index in [4.69, 9.17) is 5.11 Å². The molecule has 1 amide bonds. The zero-order valence-corrected chi connectivity index (χ0v) is 11.3.